The molecule has 0 aliphatic carbocycles. The van der Waals surface area contributed by atoms with Crippen molar-refractivity contribution in [2.45, 2.75) is 6.61 Å². The van der Waals surface area contributed by atoms with Crippen LogP contribution in [0.1, 0.15) is 16.1 Å². The van der Waals surface area contributed by atoms with E-state index in [-0.39, 0.29) is 6.61 Å². The summed E-state index contributed by atoms with van der Waals surface area (Å²) in [6.07, 6.45) is 0. The molecule has 0 fully saturated rings. The van der Waals surface area contributed by atoms with Gasteiger partial charge in [-0.1, -0.05) is 6.07 Å². The Bertz CT molecular complexity index is 858. The second kappa shape index (κ2) is 7.81. The van der Waals surface area contributed by atoms with Crippen LogP contribution in [-0.4, -0.2) is 25.2 Å². The van der Waals surface area contributed by atoms with E-state index >= 15 is 0 Å². The standard InChI is InChI=1S/C19H17NO4S/c1-22-16-8-6-13(7-9-16)18-20-15(12-25-18)11-24-19(21)14-4-3-5-17(10-14)23-2/h3-10,12H,11H2,1-2H3. The molecule has 0 N–H and O–H groups in total. The Hall–Kier alpha value is -2.86. The van der Waals surface area contributed by atoms with E-state index in [4.69, 9.17) is 14.2 Å². The summed E-state index contributed by atoms with van der Waals surface area (Å²) in [5.74, 6) is 1.01. The van der Waals surface area contributed by atoms with Crippen LogP contribution in [0.4, 0.5) is 0 Å². The van der Waals surface area contributed by atoms with E-state index in [2.05, 4.69) is 4.98 Å². The molecule has 0 unspecified atom stereocenters. The lowest BCUT2D eigenvalue weighted by Gasteiger charge is -2.05. The largest absolute Gasteiger partial charge is 0.497 e. The normalized spacial score (nSPS) is 10.3. The fraction of sp³-hybridized carbons (Fsp3) is 0.158. The molecule has 25 heavy (non-hydrogen) atoms. The van der Waals surface area contributed by atoms with Gasteiger partial charge < -0.3 is 14.2 Å². The SMILES string of the molecule is COc1ccc(-c2nc(COC(=O)c3cccc(OC)c3)cs2)cc1. The minimum atomic E-state index is -0.405. The molecule has 0 aliphatic rings. The molecule has 5 nitrogen and oxygen atoms in total. The van der Waals surface area contributed by atoms with Crippen molar-refractivity contribution in [3.05, 3.63) is 65.2 Å². The highest BCUT2D eigenvalue weighted by Crippen LogP contribution is 2.26. The summed E-state index contributed by atoms with van der Waals surface area (Å²) in [6, 6.07) is 14.5. The molecule has 3 aromatic rings. The van der Waals surface area contributed by atoms with Crippen LogP contribution in [0.3, 0.4) is 0 Å². The number of methoxy groups -OCH3 is 2. The molecule has 0 saturated heterocycles. The number of hydrogen-bond donors (Lipinski definition) is 0. The van der Waals surface area contributed by atoms with E-state index in [1.807, 2.05) is 29.6 Å². The molecule has 0 bridgehead atoms. The molecule has 0 aliphatic heterocycles. The molecule has 1 aromatic heterocycles. The third-order valence-electron chi connectivity index (χ3n) is 3.55. The van der Waals surface area contributed by atoms with Gasteiger partial charge in [-0.25, -0.2) is 9.78 Å². The van der Waals surface area contributed by atoms with Crippen LogP contribution in [0, 0.1) is 0 Å². The molecule has 1 heterocycles. The van der Waals surface area contributed by atoms with Crippen molar-refractivity contribution in [1.29, 1.82) is 0 Å². The Morgan fingerprint density at radius 1 is 1.04 bits per heavy atom. The van der Waals surface area contributed by atoms with Gasteiger partial charge in [0, 0.05) is 10.9 Å². The molecule has 0 amide bonds. The van der Waals surface area contributed by atoms with Gasteiger partial charge in [-0.05, 0) is 42.5 Å². The monoisotopic (exact) mass is 355 g/mol. The molecular weight excluding hydrogens is 338 g/mol. The summed E-state index contributed by atoms with van der Waals surface area (Å²) in [5, 5.41) is 2.76. The van der Waals surface area contributed by atoms with Crippen LogP contribution in [-0.2, 0) is 11.3 Å². The Labute approximate surface area is 149 Å². The number of carbonyl (C=O) groups is 1. The minimum absolute atomic E-state index is 0.128. The van der Waals surface area contributed by atoms with Gasteiger partial charge in [0.15, 0.2) is 0 Å². The Kier molecular flexibility index (Phi) is 5.30. The number of ether oxygens (including phenoxy) is 3. The van der Waals surface area contributed by atoms with Crippen molar-refractivity contribution in [3.8, 4) is 22.1 Å². The smallest absolute Gasteiger partial charge is 0.338 e. The Balaban J connectivity index is 1.63. The predicted molar refractivity (Wildman–Crippen MR) is 96.2 cm³/mol. The molecule has 128 valence electrons. The zero-order valence-electron chi connectivity index (χ0n) is 13.9. The van der Waals surface area contributed by atoms with Gasteiger partial charge in [0.05, 0.1) is 25.5 Å². The quantitative estimate of drug-likeness (QED) is 0.621. The van der Waals surface area contributed by atoms with Crippen LogP contribution in [0.15, 0.2) is 53.9 Å². The predicted octanol–water partition coefficient (Wildman–Crippen LogP) is 4.18. The van der Waals surface area contributed by atoms with Crippen LogP contribution in [0.25, 0.3) is 10.6 Å². The van der Waals surface area contributed by atoms with E-state index < -0.39 is 5.97 Å². The number of nitrogens with zero attached hydrogens (tertiary/aromatic N) is 1. The van der Waals surface area contributed by atoms with Crippen LogP contribution < -0.4 is 9.47 Å². The number of rotatable bonds is 6. The van der Waals surface area contributed by atoms with Crippen LogP contribution >= 0.6 is 11.3 Å². The van der Waals surface area contributed by atoms with E-state index in [1.54, 1.807) is 38.5 Å². The maximum atomic E-state index is 12.1. The first-order chi connectivity index (χ1) is 12.2. The number of hydrogen-bond acceptors (Lipinski definition) is 6. The summed E-state index contributed by atoms with van der Waals surface area (Å²) in [7, 11) is 3.19. The van der Waals surface area contributed by atoms with Crippen molar-refractivity contribution in [2.75, 3.05) is 14.2 Å². The molecule has 3 rings (SSSR count). The number of esters is 1. The van der Waals surface area contributed by atoms with Crippen LogP contribution in [0.2, 0.25) is 0 Å². The summed E-state index contributed by atoms with van der Waals surface area (Å²) in [6.45, 7) is 0.128. The molecule has 0 atom stereocenters. The van der Waals surface area contributed by atoms with Crippen molar-refractivity contribution in [1.82, 2.24) is 4.98 Å². The lowest BCUT2D eigenvalue weighted by molar-refractivity contribution is 0.0468. The minimum Gasteiger partial charge on any atom is -0.497 e. The number of carbonyl (C=O) groups excluding carboxylic acids is 1. The first kappa shape index (κ1) is 17.0. The van der Waals surface area contributed by atoms with Gasteiger partial charge in [-0.3, -0.25) is 0 Å². The van der Waals surface area contributed by atoms with Crippen molar-refractivity contribution < 1.29 is 19.0 Å². The second-order valence-corrected chi connectivity index (χ2v) is 6.04. The molecule has 6 heteroatoms. The topological polar surface area (TPSA) is 57.7 Å². The van der Waals surface area contributed by atoms with E-state index in [0.717, 1.165) is 16.3 Å². The van der Waals surface area contributed by atoms with E-state index in [9.17, 15) is 4.79 Å². The van der Waals surface area contributed by atoms with Crippen molar-refractivity contribution >= 4 is 17.3 Å². The summed E-state index contributed by atoms with van der Waals surface area (Å²) in [4.78, 5) is 16.6. The fourth-order valence-corrected chi connectivity index (χ4v) is 3.02. The lowest BCUT2D eigenvalue weighted by Crippen LogP contribution is -2.05. The molecule has 0 radical (unpaired) electrons. The molecule has 2 aromatic carbocycles. The molecular formula is C19H17NO4S. The maximum Gasteiger partial charge on any atom is 0.338 e. The highest BCUT2D eigenvalue weighted by Gasteiger charge is 2.11. The summed E-state index contributed by atoms with van der Waals surface area (Å²) < 4.78 is 15.6. The van der Waals surface area contributed by atoms with Gasteiger partial charge in [-0.15, -0.1) is 11.3 Å². The average Bonchev–Trinajstić information content (AvgIpc) is 3.15. The number of benzene rings is 2. The maximum absolute atomic E-state index is 12.1. The van der Waals surface area contributed by atoms with Crippen LogP contribution in [0.5, 0.6) is 11.5 Å². The molecule has 0 saturated carbocycles. The van der Waals surface area contributed by atoms with Crippen molar-refractivity contribution in [3.63, 3.8) is 0 Å². The number of thiazole rings is 1. The zero-order chi connectivity index (χ0) is 17.6. The third-order valence-corrected chi connectivity index (χ3v) is 4.49. The van der Waals surface area contributed by atoms with Gasteiger partial charge >= 0.3 is 5.97 Å². The highest BCUT2D eigenvalue weighted by molar-refractivity contribution is 7.13. The second-order valence-electron chi connectivity index (χ2n) is 5.18. The summed E-state index contributed by atoms with van der Waals surface area (Å²) in [5.41, 5.74) is 2.16. The van der Waals surface area contributed by atoms with Gasteiger partial charge in [0.1, 0.15) is 23.1 Å². The highest BCUT2D eigenvalue weighted by atomic mass is 32.1. The van der Waals surface area contributed by atoms with Gasteiger partial charge in [0.2, 0.25) is 0 Å². The van der Waals surface area contributed by atoms with Gasteiger partial charge in [0.25, 0.3) is 0 Å². The van der Waals surface area contributed by atoms with Crippen molar-refractivity contribution in [2.24, 2.45) is 0 Å². The average molecular weight is 355 g/mol. The Morgan fingerprint density at radius 2 is 1.80 bits per heavy atom. The fourth-order valence-electron chi connectivity index (χ4n) is 2.21. The van der Waals surface area contributed by atoms with E-state index in [1.165, 1.54) is 11.3 Å². The lowest BCUT2D eigenvalue weighted by atomic mass is 10.2. The summed E-state index contributed by atoms with van der Waals surface area (Å²) >= 11 is 1.51. The van der Waals surface area contributed by atoms with Gasteiger partial charge in [-0.2, -0.15) is 0 Å². The van der Waals surface area contributed by atoms with E-state index in [0.29, 0.717) is 17.0 Å². The first-order valence-electron chi connectivity index (χ1n) is 7.59. The first-order valence-corrected chi connectivity index (χ1v) is 8.47. The Morgan fingerprint density at radius 3 is 2.52 bits per heavy atom. The third kappa shape index (κ3) is 4.16. The number of aromatic nitrogens is 1. The molecule has 0 spiro atoms. The zero-order valence-corrected chi connectivity index (χ0v) is 14.7.